The number of nitrogen functional groups attached to an aromatic ring is 1. The molecule has 3 heterocycles. The first-order valence-corrected chi connectivity index (χ1v) is 5.85. The van der Waals surface area contributed by atoms with E-state index in [9.17, 15) is 4.79 Å². The minimum atomic E-state index is -0.281. The predicted molar refractivity (Wildman–Crippen MR) is 65.2 cm³/mol. The smallest absolute Gasteiger partial charge is 0.277 e. The van der Waals surface area contributed by atoms with Crippen LogP contribution in [0.15, 0.2) is 4.79 Å². The molecule has 2 aliphatic rings. The van der Waals surface area contributed by atoms with Crippen LogP contribution in [0.25, 0.3) is 0 Å². The van der Waals surface area contributed by atoms with E-state index in [0.717, 1.165) is 12.8 Å². The van der Waals surface area contributed by atoms with Gasteiger partial charge in [-0.1, -0.05) is 0 Å². The van der Waals surface area contributed by atoms with Gasteiger partial charge < -0.3 is 25.8 Å². The second kappa shape index (κ2) is 4.14. The molecule has 5 N–H and O–H groups in total. The summed E-state index contributed by atoms with van der Waals surface area (Å²) in [4.78, 5) is 20.1. The van der Waals surface area contributed by atoms with Crippen molar-refractivity contribution >= 4 is 17.5 Å². The van der Waals surface area contributed by atoms with Crippen molar-refractivity contribution < 1.29 is 9.84 Å². The quantitative estimate of drug-likeness (QED) is 0.536. The van der Waals surface area contributed by atoms with Gasteiger partial charge in [-0.15, -0.1) is 0 Å². The van der Waals surface area contributed by atoms with Crippen LogP contribution in [0.1, 0.15) is 12.8 Å². The van der Waals surface area contributed by atoms with E-state index in [1.807, 2.05) is 4.90 Å². The van der Waals surface area contributed by atoms with Gasteiger partial charge in [-0.25, -0.2) is 0 Å². The Morgan fingerprint density at radius 1 is 1.56 bits per heavy atom. The number of aromatic amines is 1. The lowest BCUT2D eigenvalue weighted by Crippen LogP contribution is -2.36. The van der Waals surface area contributed by atoms with E-state index in [2.05, 4.69) is 15.3 Å². The fraction of sp³-hybridized carbons (Fsp3) is 0.600. The molecule has 1 aromatic rings. The summed E-state index contributed by atoms with van der Waals surface area (Å²) in [5, 5.41) is 12.0. The number of fused-ring (bicyclic) bond motifs is 1. The molecule has 1 fully saturated rings. The Morgan fingerprint density at radius 2 is 2.39 bits per heavy atom. The molecular weight excluding hydrogens is 238 g/mol. The number of nitrogens with two attached hydrogens (primary N) is 1. The Hall–Kier alpha value is -1.80. The largest absolute Gasteiger partial charge is 0.394 e. The number of nitrogens with one attached hydrogen (secondary N) is 2. The van der Waals surface area contributed by atoms with Crippen molar-refractivity contribution in [2.75, 3.05) is 29.2 Å². The van der Waals surface area contributed by atoms with E-state index in [4.69, 9.17) is 15.6 Å². The standard InChI is InChI=1S/C10H15N5O3/c11-10-13-8-7(9(17)14-10)12-4-15(8)6-2-1-5(3-16)18-6/h5-6,12,16H,1-4H2,(H3,11,13,14,17). The normalized spacial score (nSPS) is 26.2. The average molecular weight is 253 g/mol. The molecule has 18 heavy (non-hydrogen) atoms. The number of nitrogens with zero attached hydrogens (tertiary/aromatic N) is 2. The van der Waals surface area contributed by atoms with Crippen molar-refractivity contribution in [2.45, 2.75) is 25.2 Å². The number of aliphatic hydroxyl groups is 1. The number of aromatic nitrogens is 2. The predicted octanol–water partition coefficient (Wildman–Crippen LogP) is -0.961. The number of ether oxygens (including phenoxy) is 1. The summed E-state index contributed by atoms with van der Waals surface area (Å²) in [6, 6.07) is 0. The molecule has 1 saturated heterocycles. The topological polar surface area (TPSA) is 116 Å². The van der Waals surface area contributed by atoms with Gasteiger partial charge in [0, 0.05) is 0 Å². The lowest BCUT2D eigenvalue weighted by molar-refractivity contribution is 0.0115. The molecule has 98 valence electrons. The van der Waals surface area contributed by atoms with Crippen molar-refractivity contribution in [3.63, 3.8) is 0 Å². The van der Waals surface area contributed by atoms with Gasteiger partial charge in [-0.05, 0) is 12.8 Å². The van der Waals surface area contributed by atoms with Crippen molar-refractivity contribution in [1.82, 2.24) is 9.97 Å². The molecule has 2 aliphatic heterocycles. The van der Waals surface area contributed by atoms with Crippen LogP contribution in [0.4, 0.5) is 17.5 Å². The SMILES string of the molecule is Nc1nc2c(c(=O)[nH]1)NCN2C1CCC(CO)O1. The summed E-state index contributed by atoms with van der Waals surface area (Å²) >= 11 is 0. The Morgan fingerprint density at radius 3 is 3.11 bits per heavy atom. The third-order valence-corrected chi connectivity index (χ3v) is 3.25. The van der Waals surface area contributed by atoms with Crippen molar-refractivity contribution in [1.29, 1.82) is 0 Å². The minimum absolute atomic E-state index is 0.00949. The summed E-state index contributed by atoms with van der Waals surface area (Å²) < 4.78 is 5.67. The summed E-state index contributed by atoms with van der Waals surface area (Å²) in [7, 11) is 0. The maximum absolute atomic E-state index is 11.7. The molecule has 0 radical (unpaired) electrons. The van der Waals surface area contributed by atoms with Crippen LogP contribution < -0.4 is 21.5 Å². The number of anilines is 3. The van der Waals surface area contributed by atoms with Crippen molar-refractivity contribution in [3.8, 4) is 0 Å². The maximum Gasteiger partial charge on any atom is 0.277 e. The van der Waals surface area contributed by atoms with Crippen LogP contribution in [0.3, 0.4) is 0 Å². The Kier molecular flexibility index (Phi) is 2.60. The Labute approximate surface area is 103 Å². The lowest BCUT2D eigenvalue weighted by Gasteiger charge is -2.24. The molecule has 3 rings (SSSR count). The van der Waals surface area contributed by atoms with Gasteiger partial charge in [0.2, 0.25) is 5.95 Å². The molecule has 1 aromatic heterocycles. The fourth-order valence-electron chi connectivity index (χ4n) is 2.37. The number of rotatable bonds is 2. The van der Waals surface area contributed by atoms with Crippen LogP contribution in [-0.2, 0) is 4.74 Å². The van der Waals surface area contributed by atoms with Crippen LogP contribution >= 0.6 is 0 Å². The second-order valence-electron chi connectivity index (χ2n) is 4.43. The Bertz CT molecular complexity index is 517. The summed E-state index contributed by atoms with van der Waals surface area (Å²) in [6.45, 7) is 0.466. The summed E-state index contributed by atoms with van der Waals surface area (Å²) in [6.07, 6.45) is 1.27. The molecule has 0 saturated carbocycles. The average Bonchev–Trinajstić information content (AvgIpc) is 2.93. The number of aliphatic hydroxyl groups excluding tert-OH is 1. The van der Waals surface area contributed by atoms with Gasteiger partial charge >= 0.3 is 0 Å². The molecule has 0 bridgehead atoms. The highest BCUT2D eigenvalue weighted by Crippen LogP contribution is 2.32. The van der Waals surface area contributed by atoms with Crippen LogP contribution in [0.2, 0.25) is 0 Å². The molecular formula is C10H15N5O3. The van der Waals surface area contributed by atoms with Crippen molar-refractivity contribution in [2.24, 2.45) is 0 Å². The lowest BCUT2D eigenvalue weighted by atomic mass is 10.2. The van der Waals surface area contributed by atoms with Crippen LogP contribution in [-0.4, -0.2) is 40.7 Å². The highest BCUT2D eigenvalue weighted by Gasteiger charge is 2.35. The van der Waals surface area contributed by atoms with Gasteiger partial charge in [0.1, 0.15) is 11.9 Å². The number of H-pyrrole nitrogens is 1. The highest BCUT2D eigenvalue weighted by molar-refractivity contribution is 5.70. The van der Waals surface area contributed by atoms with Crippen LogP contribution in [0, 0.1) is 0 Å². The third-order valence-electron chi connectivity index (χ3n) is 3.25. The molecule has 2 atom stereocenters. The van der Waals surface area contributed by atoms with Crippen molar-refractivity contribution in [3.05, 3.63) is 10.4 Å². The van der Waals surface area contributed by atoms with E-state index in [0.29, 0.717) is 18.2 Å². The zero-order valence-electron chi connectivity index (χ0n) is 9.72. The number of hydrogen-bond acceptors (Lipinski definition) is 7. The van der Waals surface area contributed by atoms with Gasteiger partial charge in [-0.3, -0.25) is 9.78 Å². The zero-order chi connectivity index (χ0) is 12.7. The van der Waals surface area contributed by atoms with E-state index in [1.165, 1.54) is 0 Å². The molecule has 0 aromatic carbocycles. The fourth-order valence-corrected chi connectivity index (χ4v) is 2.37. The number of hydrogen-bond donors (Lipinski definition) is 4. The Balaban J connectivity index is 1.89. The molecule has 0 spiro atoms. The molecule has 0 aliphatic carbocycles. The minimum Gasteiger partial charge on any atom is -0.394 e. The summed E-state index contributed by atoms with van der Waals surface area (Å²) in [5.41, 5.74) is 5.68. The monoisotopic (exact) mass is 253 g/mol. The summed E-state index contributed by atoms with van der Waals surface area (Å²) in [5.74, 6) is 0.601. The second-order valence-corrected chi connectivity index (χ2v) is 4.43. The van der Waals surface area contributed by atoms with Gasteiger partial charge in [-0.2, -0.15) is 4.98 Å². The first kappa shape index (κ1) is 11.3. The van der Waals surface area contributed by atoms with Gasteiger partial charge in [0.15, 0.2) is 5.82 Å². The zero-order valence-corrected chi connectivity index (χ0v) is 9.72. The molecule has 2 unspecified atom stereocenters. The molecule has 8 nitrogen and oxygen atoms in total. The third kappa shape index (κ3) is 1.70. The van der Waals surface area contributed by atoms with Gasteiger partial charge in [0.05, 0.1) is 19.4 Å². The van der Waals surface area contributed by atoms with Gasteiger partial charge in [0.25, 0.3) is 5.56 Å². The first-order chi connectivity index (χ1) is 8.69. The molecule has 0 amide bonds. The highest BCUT2D eigenvalue weighted by atomic mass is 16.5. The first-order valence-electron chi connectivity index (χ1n) is 5.85. The van der Waals surface area contributed by atoms with E-state index >= 15 is 0 Å². The molecule has 8 heteroatoms. The van der Waals surface area contributed by atoms with E-state index in [-0.39, 0.29) is 30.4 Å². The maximum atomic E-state index is 11.7. The van der Waals surface area contributed by atoms with Crippen LogP contribution in [0.5, 0.6) is 0 Å². The van der Waals surface area contributed by atoms with E-state index < -0.39 is 0 Å². The van der Waals surface area contributed by atoms with E-state index in [1.54, 1.807) is 0 Å².